The van der Waals surface area contributed by atoms with Crippen molar-refractivity contribution in [3.8, 4) is 0 Å². The van der Waals surface area contributed by atoms with E-state index in [0.717, 1.165) is 12.3 Å². The summed E-state index contributed by atoms with van der Waals surface area (Å²) < 4.78 is 59.5. The SMILES string of the molecule is COC[C@H](O)CN(C1CCC(C2=C(C(=O)O)C(c3ccc(F)c(F)c3Cl)N=C(c3nccs3)N2)CC1)S(C)(=O)=O. The molecule has 4 rings (SSSR count). The maximum atomic E-state index is 14.4. The van der Waals surface area contributed by atoms with Crippen LogP contribution in [0.25, 0.3) is 0 Å². The average Bonchev–Trinajstić information content (AvgIpc) is 3.45. The quantitative estimate of drug-likeness (QED) is 0.344. The number of carboxylic acids is 1. The van der Waals surface area contributed by atoms with Crippen molar-refractivity contribution in [2.75, 3.05) is 26.5 Å². The summed E-state index contributed by atoms with van der Waals surface area (Å²) in [6.45, 7) is -0.145. The molecule has 1 fully saturated rings. The van der Waals surface area contributed by atoms with Crippen molar-refractivity contribution < 1.29 is 36.9 Å². The van der Waals surface area contributed by atoms with Crippen LogP contribution >= 0.6 is 22.9 Å². The highest BCUT2D eigenvalue weighted by molar-refractivity contribution is 7.88. The zero-order valence-electron chi connectivity index (χ0n) is 21.7. The first-order chi connectivity index (χ1) is 18.9. The normalized spacial score (nSPS) is 22.7. The number of ether oxygens (including phenoxy) is 1. The molecular formula is C25H29ClF2N4O6S2. The van der Waals surface area contributed by atoms with Crippen molar-refractivity contribution in [2.45, 2.75) is 43.9 Å². The van der Waals surface area contributed by atoms with Gasteiger partial charge in [0.2, 0.25) is 10.0 Å². The van der Waals surface area contributed by atoms with Crippen LogP contribution in [0.2, 0.25) is 5.02 Å². The van der Waals surface area contributed by atoms with Crippen LogP contribution in [0.15, 0.2) is 40.0 Å². The number of carboxylic acid groups (broad SMARTS) is 1. The van der Waals surface area contributed by atoms with Crippen molar-refractivity contribution in [3.63, 3.8) is 0 Å². The molecule has 10 nitrogen and oxygen atoms in total. The Morgan fingerprint density at radius 1 is 1.30 bits per heavy atom. The van der Waals surface area contributed by atoms with Gasteiger partial charge in [-0.25, -0.2) is 27.0 Å². The summed E-state index contributed by atoms with van der Waals surface area (Å²) in [6, 6.07) is 0.439. The Kier molecular flexibility index (Phi) is 9.58. The van der Waals surface area contributed by atoms with Gasteiger partial charge in [-0.15, -0.1) is 11.3 Å². The highest BCUT2D eigenvalue weighted by atomic mass is 35.5. The second-order valence-corrected chi connectivity index (χ2v) is 12.9. The predicted octanol–water partition coefficient (Wildman–Crippen LogP) is 3.33. The van der Waals surface area contributed by atoms with Gasteiger partial charge in [0.1, 0.15) is 6.04 Å². The third kappa shape index (κ3) is 6.52. The number of sulfonamides is 1. The molecule has 3 N–H and O–H groups in total. The van der Waals surface area contributed by atoms with Crippen LogP contribution in [0.4, 0.5) is 8.78 Å². The van der Waals surface area contributed by atoms with Gasteiger partial charge in [0.15, 0.2) is 22.5 Å². The number of aliphatic hydroxyl groups excluding tert-OH is 1. The Morgan fingerprint density at radius 3 is 2.58 bits per heavy atom. The third-order valence-corrected chi connectivity index (χ3v) is 9.45. The summed E-state index contributed by atoms with van der Waals surface area (Å²) in [4.78, 5) is 21.4. The molecule has 1 unspecified atom stereocenters. The van der Waals surface area contributed by atoms with Crippen molar-refractivity contribution in [3.05, 3.63) is 62.2 Å². The first-order valence-corrected chi connectivity index (χ1v) is 15.5. The lowest BCUT2D eigenvalue weighted by Crippen LogP contribution is -2.47. The molecule has 2 heterocycles. The van der Waals surface area contributed by atoms with E-state index in [0.29, 0.717) is 36.4 Å². The second kappa shape index (κ2) is 12.6. The number of allylic oxidation sites excluding steroid dienone is 1. The fourth-order valence-corrected chi connectivity index (χ4v) is 7.25. The van der Waals surface area contributed by atoms with Crippen molar-refractivity contribution in [2.24, 2.45) is 10.9 Å². The fourth-order valence-electron chi connectivity index (χ4n) is 5.21. The minimum Gasteiger partial charge on any atom is -0.478 e. The number of hydrogen-bond acceptors (Lipinski definition) is 9. The van der Waals surface area contributed by atoms with Gasteiger partial charge in [-0.3, -0.25) is 4.99 Å². The van der Waals surface area contributed by atoms with E-state index in [4.69, 9.17) is 16.3 Å². The third-order valence-electron chi connectivity index (χ3n) is 6.99. The standard InChI is InChI=1S/C25H29ClF2N4O6S2/c1-38-12-15(33)11-32(40(2,36)37)14-5-3-13(4-6-14)21-18(25(34)35)22(16-7-8-17(27)20(28)19(16)26)31-23(30-21)24-29-9-10-39-24/h7-10,13-15,22,33H,3-6,11-12H2,1-2H3,(H,30,31)(H,34,35)/t13?,14?,15-,22?/m1/s1. The van der Waals surface area contributed by atoms with Gasteiger partial charge in [-0.1, -0.05) is 17.7 Å². The number of aliphatic hydroxyl groups is 1. The topological polar surface area (TPSA) is 141 Å². The minimum absolute atomic E-state index is 0.00455. The van der Waals surface area contributed by atoms with Crippen LogP contribution in [-0.4, -0.2) is 78.4 Å². The second-order valence-electron chi connectivity index (χ2n) is 9.69. The number of benzene rings is 1. The van der Waals surface area contributed by atoms with E-state index in [2.05, 4.69) is 15.3 Å². The number of aliphatic carboxylic acids is 1. The van der Waals surface area contributed by atoms with Crippen LogP contribution in [0, 0.1) is 17.6 Å². The molecule has 2 aromatic rings. The zero-order valence-corrected chi connectivity index (χ0v) is 24.1. The highest BCUT2D eigenvalue weighted by Crippen LogP contribution is 2.42. The molecule has 40 heavy (non-hydrogen) atoms. The van der Waals surface area contributed by atoms with E-state index in [9.17, 15) is 32.2 Å². The van der Waals surface area contributed by atoms with Gasteiger partial charge in [-0.2, -0.15) is 4.31 Å². The Balaban J connectivity index is 1.69. The van der Waals surface area contributed by atoms with Gasteiger partial charge in [0.25, 0.3) is 0 Å². The minimum atomic E-state index is -3.65. The molecular weight excluding hydrogens is 590 g/mol. The van der Waals surface area contributed by atoms with Gasteiger partial charge >= 0.3 is 5.97 Å². The van der Waals surface area contributed by atoms with E-state index in [-0.39, 0.29) is 36.0 Å². The number of hydrogen-bond donors (Lipinski definition) is 3. The van der Waals surface area contributed by atoms with E-state index in [1.54, 1.807) is 11.6 Å². The summed E-state index contributed by atoms with van der Waals surface area (Å²) >= 11 is 7.41. The number of nitrogens with zero attached hydrogens (tertiary/aromatic N) is 3. The van der Waals surface area contributed by atoms with Crippen molar-refractivity contribution in [1.82, 2.24) is 14.6 Å². The molecule has 1 aliphatic heterocycles. The molecule has 0 bridgehead atoms. The largest absolute Gasteiger partial charge is 0.478 e. The lowest BCUT2D eigenvalue weighted by atomic mass is 9.80. The summed E-state index contributed by atoms with van der Waals surface area (Å²) in [5.74, 6) is -3.85. The fraction of sp³-hybridized carbons (Fsp3) is 0.480. The van der Waals surface area contributed by atoms with Gasteiger partial charge in [-0.05, 0) is 37.7 Å². The first kappa shape index (κ1) is 30.5. The molecule has 1 saturated carbocycles. The highest BCUT2D eigenvalue weighted by Gasteiger charge is 2.39. The summed E-state index contributed by atoms with van der Waals surface area (Å²) in [6.07, 6.45) is 3.27. The summed E-state index contributed by atoms with van der Waals surface area (Å²) in [5, 5.41) is 25.2. The molecule has 0 saturated heterocycles. The van der Waals surface area contributed by atoms with Crippen LogP contribution in [0.1, 0.15) is 42.3 Å². The molecule has 2 atom stereocenters. The lowest BCUT2D eigenvalue weighted by Gasteiger charge is -2.38. The van der Waals surface area contributed by atoms with Crippen LogP contribution in [0.5, 0.6) is 0 Å². The van der Waals surface area contributed by atoms with E-state index < -0.39 is 50.8 Å². The Morgan fingerprint density at radius 2 is 2.00 bits per heavy atom. The molecule has 0 spiro atoms. The summed E-state index contributed by atoms with van der Waals surface area (Å²) in [5.41, 5.74) is 0.171. The molecule has 15 heteroatoms. The Bertz CT molecular complexity index is 1410. The van der Waals surface area contributed by atoms with Crippen molar-refractivity contribution in [1.29, 1.82) is 0 Å². The number of amidine groups is 1. The number of rotatable bonds is 10. The number of methoxy groups -OCH3 is 1. The molecule has 0 radical (unpaired) electrons. The number of aromatic nitrogens is 1. The molecule has 218 valence electrons. The van der Waals surface area contributed by atoms with E-state index in [1.165, 1.54) is 28.8 Å². The average molecular weight is 619 g/mol. The van der Waals surface area contributed by atoms with E-state index >= 15 is 0 Å². The zero-order chi connectivity index (χ0) is 29.2. The first-order valence-electron chi connectivity index (χ1n) is 12.4. The number of thiazole rings is 1. The smallest absolute Gasteiger partial charge is 0.335 e. The maximum Gasteiger partial charge on any atom is 0.335 e. The Hall–Kier alpha value is -2.49. The van der Waals surface area contributed by atoms with Gasteiger partial charge in [0, 0.05) is 42.5 Å². The van der Waals surface area contributed by atoms with Crippen LogP contribution < -0.4 is 5.32 Å². The number of nitrogens with one attached hydrogen (secondary N) is 1. The number of aliphatic imine (C=N–C) groups is 1. The Labute approximate surface area is 239 Å². The van der Waals surface area contributed by atoms with Crippen LogP contribution in [0.3, 0.4) is 0 Å². The predicted molar refractivity (Wildman–Crippen MR) is 146 cm³/mol. The monoisotopic (exact) mass is 618 g/mol. The maximum absolute atomic E-state index is 14.4. The van der Waals surface area contributed by atoms with Gasteiger partial charge in [0.05, 0.1) is 29.6 Å². The molecule has 0 amide bonds. The lowest BCUT2D eigenvalue weighted by molar-refractivity contribution is -0.133. The number of carbonyl (C=O) groups is 1. The van der Waals surface area contributed by atoms with Crippen LogP contribution in [-0.2, 0) is 19.6 Å². The molecule has 1 aromatic carbocycles. The van der Waals surface area contributed by atoms with Gasteiger partial charge < -0.3 is 20.3 Å². The summed E-state index contributed by atoms with van der Waals surface area (Å²) in [7, 11) is -2.24. The number of halogens is 3. The molecule has 1 aromatic heterocycles. The molecule has 2 aliphatic rings. The van der Waals surface area contributed by atoms with Crippen molar-refractivity contribution >= 4 is 44.8 Å². The molecule has 1 aliphatic carbocycles. The van der Waals surface area contributed by atoms with E-state index in [1.807, 2.05) is 0 Å².